The molecule has 0 saturated carbocycles. The Kier molecular flexibility index (Phi) is 7.85. The molecule has 1 N–H and O–H groups in total. The van der Waals surface area contributed by atoms with Gasteiger partial charge < -0.3 is 10.2 Å². The van der Waals surface area contributed by atoms with E-state index in [0.29, 0.717) is 22.6 Å². The van der Waals surface area contributed by atoms with Crippen LogP contribution < -0.4 is 5.32 Å². The number of rotatable bonds is 8. The second-order valence-corrected chi connectivity index (χ2v) is 10.3. The van der Waals surface area contributed by atoms with E-state index in [0.717, 1.165) is 46.5 Å². The van der Waals surface area contributed by atoms with Crippen LogP contribution in [0.15, 0.2) is 54.2 Å². The monoisotopic (exact) mass is 473 g/mol. The summed E-state index contributed by atoms with van der Waals surface area (Å²) in [5, 5.41) is 12.5. The molecule has 0 bridgehead atoms. The topological polar surface area (TPSA) is 56.1 Å². The Morgan fingerprint density at radius 2 is 1.74 bits per heavy atom. The van der Waals surface area contributed by atoms with Gasteiger partial charge in [-0.15, -0.1) is 0 Å². The second kappa shape index (κ2) is 10.5. The molecule has 2 aromatic carbocycles. The van der Waals surface area contributed by atoms with Crippen molar-refractivity contribution in [2.75, 3.05) is 13.1 Å². The number of nitrogens with zero attached hydrogens (tertiary/aromatic N) is 2. The molecule has 5 heteroatoms. The van der Waals surface area contributed by atoms with E-state index in [2.05, 4.69) is 25.7 Å². The van der Waals surface area contributed by atoms with Crippen LogP contribution in [0.25, 0.3) is 5.70 Å². The Bertz CT molecular complexity index is 1190. The molecule has 2 aromatic rings. The van der Waals surface area contributed by atoms with E-state index < -0.39 is 5.67 Å². The maximum atomic E-state index is 15.4. The van der Waals surface area contributed by atoms with Gasteiger partial charge in [0.2, 0.25) is 0 Å². The number of nitriles is 1. The number of hydrogen-bond acceptors (Lipinski definition) is 3. The van der Waals surface area contributed by atoms with Gasteiger partial charge in [0.15, 0.2) is 5.67 Å². The molecule has 1 aliphatic heterocycles. The van der Waals surface area contributed by atoms with Crippen molar-refractivity contribution in [2.24, 2.45) is 5.92 Å². The smallest absolute Gasteiger partial charge is 0.254 e. The third kappa shape index (κ3) is 5.82. The summed E-state index contributed by atoms with van der Waals surface area (Å²) in [6.45, 7) is 16.6. The van der Waals surface area contributed by atoms with Crippen molar-refractivity contribution in [3.8, 4) is 6.07 Å². The molecule has 1 heterocycles. The van der Waals surface area contributed by atoms with Crippen LogP contribution in [0.2, 0.25) is 0 Å². The molecule has 184 valence electrons. The molecule has 0 atom stereocenters. The first-order valence-corrected chi connectivity index (χ1v) is 12.2. The lowest BCUT2D eigenvalue weighted by molar-refractivity contribution is -0.0231. The zero-order chi connectivity index (χ0) is 25.9. The van der Waals surface area contributed by atoms with Gasteiger partial charge in [0.05, 0.1) is 24.7 Å². The van der Waals surface area contributed by atoms with Crippen molar-refractivity contribution < 1.29 is 9.18 Å². The fourth-order valence-electron chi connectivity index (χ4n) is 4.41. The zero-order valence-electron chi connectivity index (χ0n) is 21.8. The maximum Gasteiger partial charge on any atom is 0.254 e. The number of benzene rings is 2. The van der Waals surface area contributed by atoms with E-state index in [1.165, 1.54) is 0 Å². The number of aryl methyl sites for hydroxylation is 2. The van der Waals surface area contributed by atoms with Crippen molar-refractivity contribution in [3.63, 3.8) is 0 Å². The average Bonchev–Trinajstić information content (AvgIpc) is 2.79. The predicted octanol–water partition coefficient (Wildman–Crippen LogP) is 6.79. The van der Waals surface area contributed by atoms with E-state index in [4.69, 9.17) is 5.26 Å². The Morgan fingerprint density at radius 3 is 2.29 bits per heavy atom. The van der Waals surface area contributed by atoms with Gasteiger partial charge in [0.1, 0.15) is 0 Å². The molecule has 0 spiro atoms. The van der Waals surface area contributed by atoms with Crippen molar-refractivity contribution in [1.82, 2.24) is 10.2 Å². The first kappa shape index (κ1) is 26.2. The van der Waals surface area contributed by atoms with Crippen LogP contribution in [0.1, 0.15) is 78.7 Å². The Balaban J connectivity index is 1.82. The van der Waals surface area contributed by atoms with Gasteiger partial charge in [0, 0.05) is 22.5 Å². The number of halogens is 1. The minimum Gasteiger partial charge on any atom is -0.359 e. The number of allylic oxidation sites excluding steroid dienone is 2. The van der Waals surface area contributed by atoms with Crippen molar-refractivity contribution >= 4 is 11.6 Å². The van der Waals surface area contributed by atoms with Crippen LogP contribution in [0.5, 0.6) is 0 Å². The van der Waals surface area contributed by atoms with Crippen molar-refractivity contribution in [1.29, 1.82) is 5.26 Å². The second-order valence-electron chi connectivity index (χ2n) is 10.3. The summed E-state index contributed by atoms with van der Waals surface area (Å²) in [6.07, 6.45) is 1.94. The predicted molar refractivity (Wildman–Crippen MR) is 140 cm³/mol. The minimum atomic E-state index is -1.59. The molecular weight excluding hydrogens is 437 g/mol. The lowest BCUT2D eigenvalue weighted by atomic mass is 9.86. The summed E-state index contributed by atoms with van der Waals surface area (Å²) in [5.41, 5.74) is 5.91. The summed E-state index contributed by atoms with van der Waals surface area (Å²) in [7, 11) is 0. The number of amides is 1. The number of carbonyl (C=O) groups excluding carboxylic acids is 1. The molecule has 0 unspecified atom stereocenters. The molecule has 35 heavy (non-hydrogen) atoms. The van der Waals surface area contributed by atoms with Gasteiger partial charge in [-0.1, -0.05) is 44.2 Å². The summed E-state index contributed by atoms with van der Waals surface area (Å²) < 4.78 is 15.4. The van der Waals surface area contributed by atoms with Crippen molar-refractivity contribution in [3.05, 3.63) is 87.6 Å². The quantitative estimate of drug-likeness (QED) is 0.459. The van der Waals surface area contributed by atoms with E-state index in [-0.39, 0.29) is 19.0 Å². The van der Waals surface area contributed by atoms with E-state index in [1.807, 2.05) is 45.9 Å². The van der Waals surface area contributed by atoms with Gasteiger partial charge in [-0.05, 0) is 81.3 Å². The van der Waals surface area contributed by atoms with E-state index in [9.17, 15) is 4.79 Å². The Hall–Kier alpha value is -3.39. The molecule has 0 aliphatic carbocycles. The molecule has 0 aromatic heterocycles. The van der Waals surface area contributed by atoms with E-state index >= 15 is 4.39 Å². The molecular formula is C30H36FN3O. The molecule has 0 radical (unpaired) electrons. The van der Waals surface area contributed by atoms with Gasteiger partial charge in [0.25, 0.3) is 5.91 Å². The van der Waals surface area contributed by atoms with Crippen molar-refractivity contribution in [2.45, 2.75) is 60.1 Å². The lowest BCUT2D eigenvalue weighted by Gasteiger charge is -2.45. The first-order chi connectivity index (χ1) is 16.4. The fourth-order valence-corrected chi connectivity index (χ4v) is 4.41. The number of alkyl halides is 1. The highest BCUT2D eigenvalue weighted by atomic mass is 19.1. The minimum absolute atomic E-state index is 0.000142. The van der Waals surface area contributed by atoms with Crippen LogP contribution in [0.3, 0.4) is 0 Å². The largest absolute Gasteiger partial charge is 0.359 e. The third-order valence-electron chi connectivity index (χ3n) is 6.60. The SMILES string of the molecule is C=C(CCC(C)C)NC(=C(C)C)c1cc(C(=O)N2CC(F)(c3ccc(C#N)cc3)C2)c(C)cc1C. The average molecular weight is 474 g/mol. The third-order valence-corrected chi connectivity index (χ3v) is 6.60. The van der Waals surface area contributed by atoms with Gasteiger partial charge in [-0.25, -0.2) is 4.39 Å². The molecule has 1 saturated heterocycles. The highest BCUT2D eigenvalue weighted by Crippen LogP contribution is 2.37. The highest BCUT2D eigenvalue weighted by Gasteiger charge is 2.47. The Morgan fingerprint density at radius 1 is 1.14 bits per heavy atom. The summed E-state index contributed by atoms with van der Waals surface area (Å²) in [5.74, 6) is 0.426. The van der Waals surface area contributed by atoms with Gasteiger partial charge >= 0.3 is 0 Å². The van der Waals surface area contributed by atoms with E-state index in [1.54, 1.807) is 29.2 Å². The molecule has 1 aliphatic rings. The number of likely N-dealkylation sites (tertiary alicyclic amines) is 1. The highest BCUT2D eigenvalue weighted by molar-refractivity contribution is 5.97. The summed E-state index contributed by atoms with van der Waals surface area (Å²) in [6, 6.07) is 12.5. The van der Waals surface area contributed by atoms with Crippen LogP contribution >= 0.6 is 0 Å². The fraction of sp³-hybridized carbons (Fsp3) is 0.400. The summed E-state index contributed by atoms with van der Waals surface area (Å²) >= 11 is 0. The first-order valence-electron chi connectivity index (χ1n) is 12.2. The molecule has 4 nitrogen and oxygen atoms in total. The zero-order valence-corrected chi connectivity index (χ0v) is 21.8. The van der Waals surface area contributed by atoms with Crippen LogP contribution in [-0.4, -0.2) is 23.9 Å². The molecule has 1 fully saturated rings. The molecule has 1 amide bonds. The lowest BCUT2D eigenvalue weighted by Crippen LogP contribution is -2.58. The van der Waals surface area contributed by atoms with Gasteiger partial charge in [-0.3, -0.25) is 4.79 Å². The number of nitrogens with one attached hydrogen (secondary N) is 1. The normalized spacial score (nSPS) is 14.2. The van der Waals surface area contributed by atoms with Crippen LogP contribution in [-0.2, 0) is 5.67 Å². The summed E-state index contributed by atoms with van der Waals surface area (Å²) in [4.78, 5) is 14.9. The number of carbonyl (C=O) groups is 1. The van der Waals surface area contributed by atoms with Crippen LogP contribution in [0, 0.1) is 31.1 Å². The standard InChI is InChI=1S/C30H36FN3O/c1-19(2)8-9-23(7)33-28(20(3)4)26-15-27(22(6)14-21(26)5)29(35)34-17-30(31,18-34)25-12-10-24(16-32)11-13-25/h10-15,19,33H,7-9,17-18H2,1-6H3. The maximum absolute atomic E-state index is 15.4. The van der Waals surface area contributed by atoms with Crippen LogP contribution in [0.4, 0.5) is 4.39 Å². The molecule has 3 rings (SSSR count). The Labute approximate surface area is 209 Å². The van der Waals surface area contributed by atoms with Gasteiger partial charge in [-0.2, -0.15) is 5.26 Å². The number of hydrogen-bond donors (Lipinski definition) is 1.